The van der Waals surface area contributed by atoms with E-state index < -0.39 is 11.4 Å². The SMILES string of the molecule is CC1(N)CCCCC1C(=O)Nc1ccc(C(N)=O)cc1.Cl. The van der Waals surface area contributed by atoms with Gasteiger partial charge in [-0.3, -0.25) is 9.59 Å². The van der Waals surface area contributed by atoms with Gasteiger partial charge in [-0.15, -0.1) is 12.4 Å². The molecular formula is C15H22ClN3O2. The minimum atomic E-state index is -0.482. The van der Waals surface area contributed by atoms with Crippen LogP contribution in [-0.4, -0.2) is 17.4 Å². The molecule has 5 N–H and O–H groups in total. The summed E-state index contributed by atoms with van der Waals surface area (Å²) >= 11 is 0. The number of amides is 2. The summed E-state index contributed by atoms with van der Waals surface area (Å²) in [7, 11) is 0. The highest BCUT2D eigenvalue weighted by atomic mass is 35.5. The Bertz CT molecular complexity index is 514. The van der Waals surface area contributed by atoms with Gasteiger partial charge in [0, 0.05) is 16.8 Å². The number of carbonyl (C=O) groups excluding carboxylic acids is 2. The number of primary amides is 1. The van der Waals surface area contributed by atoms with E-state index in [9.17, 15) is 9.59 Å². The molecule has 2 unspecified atom stereocenters. The van der Waals surface area contributed by atoms with Gasteiger partial charge in [-0.05, 0) is 44.0 Å². The normalized spacial score (nSPS) is 24.8. The number of hydrogen-bond acceptors (Lipinski definition) is 3. The first-order valence-electron chi connectivity index (χ1n) is 6.90. The molecule has 1 aromatic carbocycles. The number of rotatable bonds is 3. The van der Waals surface area contributed by atoms with Crippen LogP contribution in [0.15, 0.2) is 24.3 Å². The van der Waals surface area contributed by atoms with Crippen LogP contribution in [0.3, 0.4) is 0 Å². The minimum Gasteiger partial charge on any atom is -0.366 e. The van der Waals surface area contributed by atoms with E-state index in [2.05, 4.69) is 5.32 Å². The molecule has 21 heavy (non-hydrogen) atoms. The molecule has 0 saturated heterocycles. The van der Waals surface area contributed by atoms with Crippen LogP contribution in [-0.2, 0) is 4.79 Å². The average Bonchev–Trinajstić information content (AvgIpc) is 2.38. The molecule has 0 aromatic heterocycles. The molecular weight excluding hydrogens is 290 g/mol. The predicted octanol–water partition coefficient (Wildman–Crippen LogP) is 2.05. The fourth-order valence-electron chi connectivity index (χ4n) is 2.74. The highest BCUT2D eigenvalue weighted by molar-refractivity contribution is 5.95. The van der Waals surface area contributed by atoms with Crippen LogP contribution in [0, 0.1) is 5.92 Å². The fourth-order valence-corrected chi connectivity index (χ4v) is 2.74. The lowest BCUT2D eigenvalue weighted by atomic mass is 9.74. The second-order valence-corrected chi connectivity index (χ2v) is 5.74. The van der Waals surface area contributed by atoms with Crippen molar-refractivity contribution in [1.29, 1.82) is 0 Å². The second-order valence-electron chi connectivity index (χ2n) is 5.74. The Hall–Kier alpha value is -1.59. The number of anilines is 1. The Morgan fingerprint density at radius 3 is 2.38 bits per heavy atom. The molecule has 1 aliphatic carbocycles. The molecule has 1 aliphatic rings. The van der Waals surface area contributed by atoms with Gasteiger partial charge in [0.2, 0.25) is 11.8 Å². The number of carbonyl (C=O) groups is 2. The molecule has 0 radical (unpaired) electrons. The van der Waals surface area contributed by atoms with Crippen molar-refractivity contribution >= 4 is 29.9 Å². The molecule has 1 saturated carbocycles. The van der Waals surface area contributed by atoms with Gasteiger partial charge in [0.05, 0.1) is 5.92 Å². The Morgan fingerprint density at radius 1 is 1.24 bits per heavy atom. The number of nitrogens with two attached hydrogens (primary N) is 2. The summed E-state index contributed by atoms with van der Waals surface area (Å²) in [6.45, 7) is 1.94. The quantitative estimate of drug-likeness (QED) is 0.796. The topological polar surface area (TPSA) is 98.2 Å². The zero-order valence-corrected chi connectivity index (χ0v) is 12.9. The largest absolute Gasteiger partial charge is 0.366 e. The third-order valence-corrected chi connectivity index (χ3v) is 4.01. The molecule has 2 atom stereocenters. The molecule has 6 heteroatoms. The standard InChI is InChI=1S/C15H21N3O2.ClH/c1-15(17)9-3-2-4-12(15)14(20)18-11-7-5-10(6-8-11)13(16)19;/h5-8,12H,2-4,9,17H2,1H3,(H2,16,19)(H,18,20);1H. The molecule has 0 aliphatic heterocycles. The monoisotopic (exact) mass is 311 g/mol. The van der Waals surface area contributed by atoms with E-state index in [1.165, 1.54) is 0 Å². The lowest BCUT2D eigenvalue weighted by Gasteiger charge is -2.37. The molecule has 2 amide bonds. The van der Waals surface area contributed by atoms with Gasteiger partial charge in [0.25, 0.3) is 0 Å². The Kier molecular flexibility index (Phi) is 5.75. The van der Waals surface area contributed by atoms with Gasteiger partial charge >= 0.3 is 0 Å². The van der Waals surface area contributed by atoms with Gasteiger partial charge < -0.3 is 16.8 Å². The molecule has 0 bridgehead atoms. The highest BCUT2D eigenvalue weighted by Gasteiger charge is 2.37. The van der Waals surface area contributed by atoms with Gasteiger partial charge in [-0.25, -0.2) is 0 Å². The molecule has 2 rings (SSSR count). The first-order chi connectivity index (χ1) is 9.40. The number of benzene rings is 1. The van der Waals surface area contributed by atoms with Crippen LogP contribution in [0.2, 0.25) is 0 Å². The third-order valence-electron chi connectivity index (χ3n) is 4.01. The third kappa shape index (κ3) is 4.19. The van der Waals surface area contributed by atoms with E-state index in [0.29, 0.717) is 11.3 Å². The fraction of sp³-hybridized carbons (Fsp3) is 0.467. The second kappa shape index (κ2) is 6.91. The van der Waals surface area contributed by atoms with E-state index in [1.54, 1.807) is 24.3 Å². The summed E-state index contributed by atoms with van der Waals surface area (Å²) in [5.41, 5.74) is 12.0. The molecule has 5 nitrogen and oxygen atoms in total. The summed E-state index contributed by atoms with van der Waals surface area (Å²) in [6, 6.07) is 6.55. The molecule has 1 fully saturated rings. The number of nitrogens with one attached hydrogen (secondary N) is 1. The average molecular weight is 312 g/mol. The smallest absolute Gasteiger partial charge is 0.248 e. The van der Waals surface area contributed by atoms with Crippen molar-refractivity contribution in [3.05, 3.63) is 29.8 Å². The van der Waals surface area contributed by atoms with Gasteiger partial charge in [0.15, 0.2) is 0 Å². The maximum atomic E-state index is 12.3. The Balaban J connectivity index is 0.00000220. The summed E-state index contributed by atoms with van der Waals surface area (Å²) in [5.74, 6) is -0.710. The van der Waals surface area contributed by atoms with Crippen molar-refractivity contribution in [2.45, 2.75) is 38.1 Å². The van der Waals surface area contributed by atoms with Crippen LogP contribution in [0.25, 0.3) is 0 Å². The van der Waals surface area contributed by atoms with Crippen molar-refractivity contribution < 1.29 is 9.59 Å². The minimum absolute atomic E-state index is 0. The Morgan fingerprint density at radius 2 is 1.86 bits per heavy atom. The predicted molar refractivity (Wildman–Crippen MR) is 85.4 cm³/mol. The van der Waals surface area contributed by atoms with Crippen LogP contribution in [0.1, 0.15) is 43.0 Å². The zero-order valence-electron chi connectivity index (χ0n) is 12.1. The van der Waals surface area contributed by atoms with Crippen LogP contribution in [0.4, 0.5) is 5.69 Å². The van der Waals surface area contributed by atoms with Gasteiger partial charge in [-0.2, -0.15) is 0 Å². The van der Waals surface area contributed by atoms with Crippen molar-refractivity contribution in [2.75, 3.05) is 5.32 Å². The van der Waals surface area contributed by atoms with Crippen molar-refractivity contribution in [2.24, 2.45) is 17.4 Å². The zero-order chi connectivity index (χ0) is 14.8. The number of halogens is 1. The maximum absolute atomic E-state index is 12.3. The van der Waals surface area contributed by atoms with E-state index in [4.69, 9.17) is 11.5 Å². The molecule has 116 valence electrons. The lowest BCUT2D eigenvalue weighted by molar-refractivity contribution is -0.122. The summed E-state index contributed by atoms with van der Waals surface area (Å²) in [5, 5.41) is 2.86. The molecule has 0 heterocycles. The van der Waals surface area contributed by atoms with Gasteiger partial charge in [0.1, 0.15) is 0 Å². The number of hydrogen-bond donors (Lipinski definition) is 3. The van der Waals surface area contributed by atoms with Crippen LogP contribution >= 0.6 is 12.4 Å². The Labute approximate surface area is 130 Å². The van der Waals surface area contributed by atoms with Crippen molar-refractivity contribution in [3.8, 4) is 0 Å². The first kappa shape index (κ1) is 17.5. The summed E-state index contributed by atoms with van der Waals surface area (Å²) in [6.07, 6.45) is 3.79. The summed E-state index contributed by atoms with van der Waals surface area (Å²) < 4.78 is 0. The molecule has 1 aromatic rings. The first-order valence-corrected chi connectivity index (χ1v) is 6.90. The van der Waals surface area contributed by atoms with E-state index in [1.807, 2.05) is 6.92 Å². The van der Waals surface area contributed by atoms with Crippen molar-refractivity contribution in [1.82, 2.24) is 0 Å². The lowest BCUT2D eigenvalue weighted by Crippen LogP contribution is -2.51. The highest BCUT2D eigenvalue weighted by Crippen LogP contribution is 2.32. The maximum Gasteiger partial charge on any atom is 0.248 e. The molecule has 0 spiro atoms. The van der Waals surface area contributed by atoms with E-state index in [0.717, 1.165) is 25.7 Å². The van der Waals surface area contributed by atoms with Gasteiger partial charge in [-0.1, -0.05) is 12.8 Å². The van der Waals surface area contributed by atoms with Crippen molar-refractivity contribution in [3.63, 3.8) is 0 Å². The van der Waals surface area contributed by atoms with Crippen LogP contribution in [0.5, 0.6) is 0 Å². The van der Waals surface area contributed by atoms with E-state index >= 15 is 0 Å². The summed E-state index contributed by atoms with van der Waals surface area (Å²) in [4.78, 5) is 23.3. The van der Waals surface area contributed by atoms with E-state index in [-0.39, 0.29) is 24.2 Å². The van der Waals surface area contributed by atoms with Crippen LogP contribution < -0.4 is 16.8 Å².